The lowest BCUT2D eigenvalue weighted by Gasteiger charge is -2.26. The minimum absolute atomic E-state index is 0.201. The summed E-state index contributed by atoms with van der Waals surface area (Å²) in [5.41, 5.74) is 1.26. The highest BCUT2D eigenvalue weighted by Crippen LogP contribution is 2.26. The van der Waals surface area contributed by atoms with Crippen LogP contribution >= 0.6 is 11.3 Å². The van der Waals surface area contributed by atoms with Gasteiger partial charge in [-0.25, -0.2) is 0 Å². The van der Waals surface area contributed by atoms with E-state index in [0.29, 0.717) is 12.3 Å². The normalized spacial score (nSPS) is 25.8. The average Bonchev–Trinajstić information content (AvgIpc) is 3.18. The predicted octanol–water partition coefficient (Wildman–Crippen LogP) is 2.62. The van der Waals surface area contributed by atoms with Crippen molar-refractivity contribution < 1.29 is 9.90 Å². The Bertz CT molecular complexity index is 497. The molecule has 2 fully saturated rings. The smallest absolute Gasteiger partial charge is 0.222 e. The lowest BCUT2D eigenvalue weighted by Crippen LogP contribution is -2.35. The first kappa shape index (κ1) is 17.9. The number of hydrogen-bond donors (Lipinski definition) is 1. The average molecular weight is 351 g/mol. The molecule has 1 aromatic heterocycles. The molecule has 2 unspecified atom stereocenters. The van der Waals surface area contributed by atoms with Crippen LogP contribution in [0.4, 0.5) is 0 Å². The first-order chi connectivity index (χ1) is 11.8. The number of carbonyl (C=O) groups excluding carboxylic acids is 1. The van der Waals surface area contributed by atoms with Crippen LogP contribution in [-0.4, -0.2) is 60.1 Å². The molecule has 0 radical (unpaired) electrons. The van der Waals surface area contributed by atoms with Gasteiger partial charge in [-0.15, -0.1) is 0 Å². The number of amides is 1. The summed E-state index contributed by atoms with van der Waals surface area (Å²) in [5, 5.41) is 13.9. The maximum atomic E-state index is 12.5. The summed E-state index contributed by atoms with van der Waals surface area (Å²) in [6, 6.07) is 2.10. The molecular weight excluding hydrogens is 320 g/mol. The highest BCUT2D eigenvalue weighted by Gasteiger charge is 2.35. The second-order valence-corrected chi connectivity index (χ2v) is 8.13. The molecule has 3 heterocycles. The van der Waals surface area contributed by atoms with E-state index >= 15 is 0 Å². The Morgan fingerprint density at radius 2 is 1.92 bits per heavy atom. The zero-order valence-electron chi connectivity index (χ0n) is 14.5. The van der Waals surface area contributed by atoms with Crippen molar-refractivity contribution in [3.05, 3.63) is 22.4 Å². The van der Waals surface area contributed by atoms with E-state index in [0.717, 1.165) is 26.1 Å². The molecular formula is C19H30N2O2S. The molecule has 1 aromatic rings. The van der Waals surface area contributed by atoms with Gasteiger partial charge in [-0.3, -0.25) is 4.79 Å². The van der Waals surface area contributed by atoms with Gasteiger partial charge in [0, 0.05) is 38.6 Å². The van der Waals surface area contributed by atoms with E-state index in [1.165, 1.54) is 44.3 Å². The van der Waals surface area contributed by atoms with E-state index in [-0.39, 0.29) is 18.4 Å². The second kappa shape index (κ2) is 8.97. The Kier molecular flexibility index (Phi) is 6.69. The molecule has 0 bridgehead atoms. The number of thiophene rings is 1. The fraction of sp³-hybridized carbons (Fsp3) is 0.737. The zero-order valence-corrected chi connectivity index (χ0v) is 15.3. The zero-order chi connectivity index (χ0) is 16.8. The predicted molar refractivity (Wildman–Crippen MR) is 98.2 cm³/mol. The second-order valence-electron chi connectivity index (χ2n) is 7.35. The summed E-state index contributed by atoms with van der Waals surface area (Å²) in [6.45, 7) is 5.16. The van der Waals surface area contributed by atoms with E-state index in [9.17, 15) is 9.90 Å². The number of nitrogens with zero attached hydrogens (tertiary/aromatic N) is 2. The van der Waals surface area contributed by atoms with E-state index in [1.807, 2.05) is 4.90 Å². The summed E-state index contributed by atoms with van der Waals surface area (Å²) >= 11 is 1.69. The first-order valence-electron chi connectivity index (χ1n) is 9.38. The standard InChI is InChI=1S/C19H30N2O2S/c22-14-18-13-21(19(23)6-5-16-7-10-24-15-16)12-17(18)11-20-8-3-1-2-4-9-20/h7,10,15,17-18,22H,1-6,8-9,11-14H2. The quantitative estimate of drug-likeness (QED) is 0.858. The van der Waals surface area contributed by atoms with Crippen LogP contribution in [0.15, 0.2) is 16.8 Å². The Labute approximate surface area is 149 Å². The SMILES string of the molecule is O=C(CCc1ccsc1)N1CC(CO)C(CN2CCCCCC2)C1. The van der Waals surface area contributed by atoms with Crippen LogP contribution in [0.5, 0.6) is 0 Å². The molecule has 0 aromatic carbocycles. The molecule has 134 valence electrons. The lowest BCUT2D eigenvalue weighted by atomic mass is 9.96. The van der Waals surface area contributed by atoms with Crippen LogP contribution in [0.1, 0.15) is 37.7 Å². The van der Waals surface area contributed by atoms with Crippen molar-refractivity contribution >= 4 is 17.2 Å². The van der Waals surface area contributed by atoms with Crippen molar-refractivity contribution in [2.24, 2.45) is 11.8 Å². The minimum atomic E-state index is 0.201. The molecule has 0 saturated carbocycles. The van der Waals surface area contributed by atoms with Crippen LogP contribution in [0, 0.1) is 11.8 Å². The highest BCUT2D eigenvalue weighted by atomic mass is 32.1. The number of rotatable bonds is 6. The summed E-state index contributed by atoms with van der Waals surface area (Å²) < 4.78 is 0. The Morgan fingerprint density at radius 1 is 1.17 bits per heavy atom. The molecule has 1 N–H and O–H groups in total. The van der Waals surface area contributed by atoms with Gasteiger partial charge in [0.05, 0.1) is 0 Å². The van der Waals surface area contributed by atoms with Gasteiger partial charge in [0.15, 0.2) is 0 Å². The summed E-state index contributed by atoms with van der Waals surface area (Å²) in [4.78, 5) is 17.1. The van der Waals surface area contributed by atoms with Crippen molar-refractivity contribution in [2.45, 2.75) is 38.5 Å². The van der Waals surface area contributed by atoms with Crippen molar-refractivity contribution in [3.8, 4) is 0 Å². The molecule has 2 saturated heterocycles. The molecule has 5 heteroatoms. The van der Waals surface area contributed by atoms with Gasteiger partial charge in [0.2, 0.25) is 5.91 Å². The molecule has 2 aliphatic rings. The number of aliphatic hydroxyl groups excluding tert-OH is 1. The third kappa shape index (κ3) is 4.80. The van der Waals surface area contributed by atoms with Crippen molar-refractivity contribution in [3.63, 3.8) is 0 Å². The van der Waals surface area contributed by atoms with Crippen LogP contribution in [0.25, 0.3) is 0 Å². The van der Waals surface area contributed by atoms with E-state index in [4.69, 9.17) is 0 Å². The molecule has 2 atom stereocenters. The van der Waals surface area contributed by atoms with E-state index in [2.05, 4.69) is 21.7 Å². The number of aryl methyl sites for hydroxylation is 1. The van der Waals surface area contributed by atoms with Gasteiger partial charge in [-0.2, -0.15) is 11.3 Å². The van der Waals surface area contributed by atoms with E-state index < -0.39 is 0 Å². The number of aliphatic hydroxyl groups is 1. The van der Waals surface area contributed by atoms with Crippen LogP contribution in [-0.2, 0) is 11.2 Å². The Balaban J connectivity index is 1.50. The van der Waals surface area contributed by atoms with Gasteiger partial charge >= 0.3 is 0 Å². The molecule has 2 aliphatic heterocycles. The molecule has 3 rings (SSSR count). The van der Waals surface area contributed by atoms with E-state index in [1.54, 1.807) is 11.3 Å². The first-order valence-corrected chi connectivity index (χ1v) is 10.3. The maximum Gasteiger partial charge on any atom is 0.222 e. The minimum Gasteiger partial charge on any atom is -0.396 e. The molecule has 0 aliphatic carbocycles. The highest BCUT2D eigenvalue weighted by molar-refractivity contribution is 7.07. The largest absolute Gasteiger partial charge is 0.396 e. The third-order valence-corrected chi connectivity index (χ3v) is 6.29. The van der Waals surface area contributed by atoms with Gasteiger partial charge in [0.1, 0.15) is 0 Å². The van der Waals surface area contributed by atoms with Gasteiger partial charge < -0.3 is 14.9 Å². The van der Waals surface area contributed by atoms with Crippen molar-refractivity contribution in [1.82, 2.24) is 9.80 Å². The topological polar surface area (TPSA) is 43.8 Å². The summed E-state index contributed by atoms with van der Waals surface area (Å²) in [7, 11) is 0. The van der Waals surface area contributed by atoms with Crippen molar-refractivity contribution in [1.29, 1.82) is 0 Å². The Hall–Kier alpha value is -0.910. The van der Waals surface area contributed by atoms with Gasteiger partial charge in [-0.05, 0) is 60.7 Å². The number of carbonyl (C=O) groups is 1. The van der Waals surface area contributed by atoms with Crippen LogP contribution < -0.4 is 0 Å². The third-order valence-electron chi connectivity index (χ3n) is 5.56. The van der Waals surface area contributed by atoms with Crippen molar-refractivity contribution in [2.75, 3.05) is 39.3 Å². The lowest BCUT2D eigenvalue weighted by molar-refractivity contribution is -0.130. The molecule has 24 heavy (non-hydrogen) atoms. The molecule has 1 amide bonds. The molecule has 0 spiro atoms. The monoisotopic (exact) mass is 350 g/mol. The number of likely N-dealkylation sites (tertiary alicyclic amines) is 2. The molecule has 4 nitrogen and oxygen atoms in total. The van der Waals surface area contributed by atoms with Gasteiger partial charge in [-0.1, -0.05) is 12.8 Å². The van der Waals surface area contributed by atoms with Crippen LogP contribution in [0.3, 0.4) is 0 Å². The fourth-order valence-electron chi connectivity index (χ4n) is 4.05. The van der Waals surface area contributed by atoms with Gasteiger partial charge in [0.25, 0.3) is 0 Å². The maximum absolute atomic E-state index is 12.5. The fourth-order valence-corrected chi connectivity index (χ4v) is 4.75. The summed E-state index contributed by atoms with van der Waals surface area (Å²) in [5.74, 6) is 0.926. The number of hydrogen-bond acceptors (Lipinski definition) is 4. The summed E-state index contributed by atoms with van der Waals surface area (Å²) in [6.07, 6.45) is 6.69. The Morgan fingerprint density at radius 3 is 2.58 bits per heavy atom. The van der Waals surface area contributed by atoms with Crippen LogP contribution in [0.2, 0.25) is 0 Å².